The van der Waals surface area contributed by atoms with E-state index >= 15 is 0 Å². The van der Waals surface area contributed by atoms with Gasteiger partial charge in [0.15, 0.2) is 5.76 Å². The van der Waals surface area contributed by atoms with Gasteiger partial charge >= 0.3 is 5.69 Å². The lowest BCUT2D eigenvalue weighted by atomic mass is 10.2. The van der Waals surface area contributed by atoms with Gasteiger partial charge in [0.1, 0.15) is 10.7 Å². The summed E-state index contributed by atoms with van der Waals surface area (Å²) >= 11 is 5.77. The SMILES string of the molecule is O=[N+]([O-])c1c(Cl)cccc1NCc1ccno1. The van der Waals surface area contributed by atoms with Crippen molar-refractivity contribution in [2.24, 2.45) is 0 Å². The highest BCUT2D eigenvalue weighted by Gasteiger charge is 2.18. The molecular formula is C10H8ClN3O3. The van der Waals surface area contributed by atoms with Gasteiger partial charge in [-0.05, 0) is 12.1 Å². The van der Waals surface area contributed by atoms with E-state index in [-0.39, 0.29) is 10.7 Å². The van der Waals surface area contributed by atoms with Gasteiger partial charge in [-0.15, -0.1) is 0 Å². The fourth-order valence-corrected chi connectivity index (χ4v) is 1.60. The number of nitro groups is 1. The molecule has 0 aliphatic heterocycles. The molecule has 1 aromatic carbocycles. The van der Waals surface area contributed by atoms with E-state index < -0.39 is 4.92 Å². The van der Waals surface area contributed by atoms with Gasteiger partial charge in [-0.25, -0.2) is 0 Å². The fraction of sp³-hybridized carbons (Fsp3) is 0.100. The van der Waals surface area contributed by atoms with Crippen molar-refractivity contribution in [2.45, 2.75) is 6.54 Å². The molecule has 0 atom stereocenters. The molecule has 2 aromatic rings. The van der Waals surface area contributed by atoms with E-state index in [1.54, 1.807) is 18.2 Å². The lowest BCUT2D eigenvalue weighted by Crippen LogP contribution is -2.02. The Kier molecular flexibility index (Phi) is 3.24. The van der Waals surface area contributed by atoms with Gasteiger partial charge in [-0.3, -0.25) is 10.1 Å². The third kappa shape index (κ3) is 2.54. The Morgan fingerprint density at radius 3 is 2.94 bits per heavy atom. The first-order chi connectivity index (χ1) is 8.18. The summed E-state index contributed by atoms with van der Waals surface area (Å²) in [4.78, 5) is 10.3. The highest BCUT2D eigenvalue weighted by Crippen LogP contribution is 2.32. The van der Waals surface area contributed by atoms with Crippen molar-refractivity contribution in [3.8, 4) is 0 Å². The normalized spacial score (nSPS) is 10.2. The average Bonchev–Trinajstić information content (AvgIpc) is 2.78. The molecule has 0 radical (unpaired) electrons. The Balaban J connectivity index is 2.21. The average molecular weight is 254 g/mol. The van der Waals surface area contributed by atoms with Crippen LogP contribution in [0.15, 0.2) is 35.0 Å². The minimum Gasteiger partial charge on any atom is -0.372 e. The molecule has 0 spiro atoms. The Morgan fingerprint density at radius 1 is 1.47 bits per heavy atom. The molecule has 88 valence electrons. The first-order valence-corrected chi connectivity index (χ1v) is 5.12. The van der Waals surface area contributed by atoms with E-state index in [0.717, 1.165) is 0 Å². The van der Waals surface area contributed by atoms with Crippen LogP contribution in [-0.4, -0.2) is 10.1 Å². The number of nitrogens with one attached hydrogen (secondary N) is 1. The molecule has 0 bridgehead atoms. The van der Waals surface area contributed by atoms with Gasteiger partial charge in [-0.2, -0.15) is 0 Å². The molecule has 0 unspecified atom stereocenters. The molecule has 0 amide bonds. The van der Waals surface area contributed by atoms with Crippen LogP contribution in [0.5, 0.6) is 0 Å². The van der Waals surface area contributed by atoms with Crippen molar-refractivity contribution in [3.05, 3.63) is 51.4 Å². The number of para-hydroxylation sites is 1. The van der Waals surface area contributed by atoms with Crippen LogP contribution < -0.4 is 5.32 Å². The molecule has 1 aromatic heterocycles. The Bertz CT molecular complexity index is 528. The van der Waals surface area contributed by atoms with Crippen LogP contribution in [0.1, 0.15) is 5.76 Å². The van der Waals surface area contributed by atoms with Crippen LogP contribution in [0.4, 0.5) is 11.4 Å². The highest BCUT2D eigenvalue weighted by molar-refractivity contribution is 6.33. The summed E-state index contributed by atoms with van der Waals surface area (Å²) in [5.74, 6) is 0.583. The number of aromatic nitrogens is 1. The largest absolute Gasteiger partial charge is 0.372 e. The number of anilines is 1. The molecular weight excluding hydrogens is 246 g/mol. The van der Waals surface area contributed by atoms with E-state index in [1.807, 2.05) is 0 Å². The van der Waals surface area contributed by atoms with Gasteiger partial charge in [0.25, 0.3) is 0 Å². The molecule has 1 N–H and O–H groups in total. The number of rotatable bonds is 4. The van der Waals surface area contributed by atoms with Gasteiger partial charge < -0.3 is 9.84 Å². The maximum absolute atomic E-state index is 10.8. The monoisotopic (exact) mass is 253 g/mol. The van der Waals surface area contributed by atoms with E-state index in [0.29, 0.717) is 18.0 Å². The van der Waals surface area contributed by atoms with Gasteiger partial charge in [0, 0.05) is 6.07 Å². The number of nitro benzene ring substituents is 1. The first-order valence-electron chi connectivity index (χ1n) is 4.75. The molecule has 1 heterocycles. The number of benzene rings is 1. The summed E-state index contributed by atoms with van der Waals surface area (Å²) in [5, 5.41) is 17.4. The third-order valence-corrected chi connectivity index (χ3v) is 2.42. The summed E-state index contributed by atoms with van der Waals surface area (Å²) in [5.41, 5.74) is 0.201. The van der Waals surface area contributed by atoms with E-state index in [4.69, 9.17) is 16.1 Å². The first kappa shape index (κ1) is 11.4. The summed E-state index contributed by atoms with van der Waals surface area (Å²) in [7, 11) is 0. The van der Waals surface area contributed by atoms with Crippen molar-refractivity contribution in [3.63, 3.8) is 0 Å². The Morgan fingerprint density at radius 2 is 2.29 bits per heavy atom. The molecule has 6 nitrogen and oxygen atoms in total. The molecule has 7 heteroatoms. The summed E-state index contributed by atoms with van der Waals surface area (Å²) < 4.78 is 4.87. The second kappa shape index (κ2) is 4.84. The van der Waals surface area contributed by atoms with Crippen LogP contribution in [0.25, 0.3) is 0 Å². The Hall–Kier alpha value is -2.08. The van der Waals surface area contributed by atoms with E-state index in [1.165, 1.54) is 12.3 Å². The molecule has 17 heavy (non-hydrogen) atoms. The Labute approximate surface area is 101 Å². The zero-order valence-corrected chi connectivity index (χ0v) is 9.35. The standard InChI is InChI=1S/C10H8ClN3O3/c11-8-2-1-3-9(10(8)14(15)16)12-6-7-4-5-13-17-7/h1-5,12H,6H2. The van der Waals surface area contributed by atoms with Crippen molar-refractivity contribution in [1.82, 2.24) is 5.16 Å². The number of halogens is 1. The lowest BCUT2D eigenvalue weighted by Gasteiger charge is -2.05. The number of nitrogens with zero attached hydrogens (tertiary/aromatic N) is 2. The van der Waals surface area contributed by atoms with Crippen LogP contribution >= 0.6 is 11.6 Å². The van der Waals surface area contributed by atoms with Crippen molar-refractivity contribution in [1.29, 1.82) is 0 Å². The molecule has 0 fully saturated rings. The van der Waals surface area contributed by atoms with Crippen molar-refractivity contribution < 1.29 is 9.45 Å². The summed E-state index contributed by atoms with van der Waals surface area (Å²) in [6, 6.07) is 6.36. The van der Waals surface area contributed by atoms with Crippen molar-refractivity contribution >= 4 is 23.0 Å². The predicted octanol–water partition coefficient (Wildman–Crippen LogP) is 2.85. The second-order valence-electron chi connectivity index (χ2n) is 3.23. The van der Waals surface area contributed by atoms with Gasteiger partial charge in [-0.1, -0.05) is 22.8 Å². The molecule has 0 aliphatic rings. The van der Waals surface area contributed by atoms with Gasteiger partial charge in [0.2, 0.25) is 0 Å². The molecule has 2 rings (SSSR count). The van der Waals surface area contributed by atoms with Gasteiger partial charge in [0.05, 0.1) is 17.7 Å². The predicted molar refractivity (Wildman–Crippen MR) is 61.9 cm³/mol. The highest BCUT2D eigenvalue weighted by atomic mass is 35.5. The summed E-state index contributed by atoms with van der Waals surface area (Å²) in [6.45, 7) is 0.307. The van der Waals surface area contributed by atoms with E-state index in [9.17, 15) is 10.1 Å². The maximum atomic E-state index is 10.8. The zero-order chi connectivity index (χ0) is 12.3. The summed E-state index contributed by atoms with van der Waals surface area (Å²) in [6.07, 6.45) is 1.50. The zero-order valence-electron chi connectivity index (χ0n) is 8.59. The molecule has 0 saturated carbocycles. The van der Waals surface area contributed by atoms with E-state index in [2.05, 4.69) is 10.5 Å². The molecule has 0 saturated heterocycles. The maximum Gasteiger partial charge on any atom is 0.310 e. The lowest BCUT2D eigenvalue weighted by molar-refractivity contribution is -0.383. The number of hydrogen-bond donors (Lipinski definition) is 1. The van der Waals surface area contributed by atoms with Crippen LogP contribution in [0.3, 0.4) is 0 Å². The van der Waals surface area contributed by atoms with Crippen LogP contribution in [-0.2, 0) is 6.54 Å². The topological polar surface area (TPSA) is 81.2 Å². The second-order valence-corrected chi connectivity index (χ2v) is 3.63. The smallest absolute Gasteiger partial charge is 0.310 e. The quantitative estimate of drug-likeness (QED) is 0.669. The van der Waals surface area contributed by atoms with Crippen molar-refractivity contribution in [2.75, 3.05) is 5.32 Å². The van der Waals surface area contributed by atoms with Crippen LogP contribution in [0.2, 0.25) is 5.02 Å². The number of hydrogen-bond acceptors (Lipinski definition) is 5. The third-order valence-electron chi connectivity index (χ3n) is 2.11. The fourth-order valence-electron chi connectivity index (χ4n) is 1.36. The molecule has 0 aliphatic carbocycles. The minimum absolute atomic E-state index is 0.0950. The minimum atomic E-state index is -0.523. The van der Waals surface area contributed by atoms with Crippen LogP contribution in [0, 0.1) is 10.1 Å².